The number of rotatable bonds is 8. The Bertz CT molecular complexity index is 1030. The van der Waals surface area contributed by atoms with Crippen LogP contribution in [0.2, 0.25) is 0 Å². The number of pyridine rings is 1. The Balaban J connectivity index is 1.98. The maximum atomic E-state index is 13.1. The lowest BCUT2D eigenvalue weighted by Gasteiger charge is -2.14. The van der Waals surface area contributed by atoms with Gasteiger partial charge in [0.15, 0.2) is 0 Å². The van der Waals surface area contributed by atoms with Crippen molar-refractivity contribution in [1.29, 1.82) is 0 Å². The normalized spacial score (nSPS) is 15.7. The third-order valence-corrected chi connectivity index (χ3v) is 6.19. The Morgan fingerprint density at radius 1 is 1.24 bits per heavy atom. The van der Waals surface area contributed by atoms with Crippen molar-refractivity contribution in [3.05, 3.63) is 44.7 Å². The minimum absolute atomic E-state index is 0.132. The van der Waals surface area contributed by atoms with E-state index in [4.69, 9.17) is 12.2 Å². The zero-order valence-corrected chi connectivity index (χ0v) is 18.7. The molecular formula is C21H26N4O2S2. The third kappa shape index (κ3) is 4.53. The molecule has 154 valence electrons. The van der Waals surface area contributed by atoms with E-state index >= 15 is 0 Å². The molecule has 8 heteroatoms. The first kappa shape index (κ1) is 21.5. The number of thioether (sulfide) groups is 1. The van der Waals surface area contributed by atoms with Gasteiger partial charge in [0, 0.05) is 19.3 Å². The second-order valence-corrected chi connectivity index (χ2v) is 8.66. The number of unbranched alkanes of at least 4 members (excludes halogenated alkanes) is 3. The third-order valence-electron chi connectivity index (χ3n) is 4.81. The van der Waals surface area contributed by atoms with Crippen LogP contribution in [0.3, 0.4) is 0 Å². The van der Waals surface area contributed by atoms with Gasteiger partial charge in [0.05, 0.1) is 10.5 Å². The summed E-state index contributed by atoms with van der Waals surface area (Å²) in [5, 5.41) is 3.16. The van der Waals surface area contributed by atoms with E-state index < -0.39 is 0 Å². The molecular weight excluding hydrogens is 404 g/mol. The second-order valence-electron chi connectivity index (χ2n) is 6.99. The first-order chi connectivity index (χ1) is 14.0. The van der Waals surface area contributed by atoms with E-state index in [1.807, 2.05) is 26.0 Å². The first-order valence-corrected chi connectivity index (χ1v) is 11.2. The van der Waals surface area contributed by atoms with Crippen molar-refractivity contribution in [3.63, 3.8) is 0 Å². The Morgan fingerprint density at radius 2 is 2.03 bits per heavy atom. The standard InChI is InChI=1S/C21H26N4O2S2/c1-4-6-7-8-11-25-20(27)16(29-21(25)28)13-15-17(22-5-2)23-18-14(3)10-9-12-24(18)19(15)26/h9-10,12-13,22H,4-8,11H2,1-3H3. The molecule has 2 aromatic rings. The number of hydrogen-bond donors (Lipinski definition) is 1. The minimum Gasteiger partial charge on any atom is -0.370 e. The molecule has 1 fully saturated rings. The summed E-state index contributed by atoms with van der Waals surface area (Å²) < 4.78 is 2.07. The molecule has 1 amide bonds. The summed E-state index contributed by atoms with van der Waals surface area (Å²) in [4.78, 5) is 32.8. The van der Waals surface area contributed by atoms with Crippen molar-refractivity contribution < 1.29 is 4.79 Å². The SMILES string of the molecule is CCCCCCN1C(=O)C(=Cc2c(NCC)nc3c(C)cccn3c2=O)SC1=S. The number of thiocarbonyl (C=S) groups is 1. The lowest BCUT2D eigenvalue weighted by atomic mass is 10.2. The molecule has 0 bridgehead atoms. The number of nitrogens with zero attached hydrogens (tertiary/aromatic N) is 3. The van der Waals surface area contributed by atoms with E-state index in [-0.39, 0.29) is 11.5 Å². The number of carbonyl (C=O) groups excluding carboxylic acids is 1. The number of hydrogen-bond acceptors (Lipinski definition) is 6. The number of nitrogens with one attached hydrogen (secondary N) is 1. The van der Waals surface area contributed by atoms with Gasteiger partial charge < -0.3 is 5.32 Å². The number of anilines is 1. The largest absolute Gasteiger partial charge is 0.370 e. The number of aromatic nitrogens is 2. The van der Waals surface area contributed by atoms with Gasteiger partial charge in [-0.05, 0) is 38.0 Å². The van der Waals surface area contributed by atoms with E-state index in [9.17, 15) is 9.59 Å². The lowest BCUT2D eigenvalue weighted by Crippen LogP contribution is -2.29. The zero-order chi connectivity index (χ0) is 21.0. The zero-order valence-electron chi connectivity index (χ0n) is 17.0. The molecule has 0 unspecified atom stereocenters. The van der Waals surface area contributed by atoms with Gasteiger partial charge in [0.25, 0.3) is 11.5 Å². The molecule has 2 aromatic heterocycles. The number of carbonyl (C=O) groups is 1. The fourth-order valence-electron chi connectivity index (χ4n) is 3.26. The number of amides is 1. The summed E-state index contributed by atoms with van der Waals surface area (Å²) in [6.45, 7) is 7.26. The average Bonchev–Trinajstić information content (AvgIpc) is 2.96. The molecule has 1 N–H and O–H groups in total. The molecule has 0 aliphatic carbocycles. The van der Waals surface area contributed by atoms with E-state index in [0.29, 0.717) is 39.3 Å². The van der Waals surface area contributed by atoms with Gasteiger partial charge in [0.1, 0.15) is 15.8 Å². The van der Waals surface area contributed by atoms with Crippen LogP contribution in [0, 0.1) is 6.92 Å². The molecule has 0 spiro atoms. The molecule has 6 nitrogen and oxygen atoms in total. The van der Waals surface area contributed by atoms with Crippen LogP contribution < -0.4 is 10.9 Å². The van der Waals surface area contributed by atoms with Gasteiger partial charge in [-0.1, -0.05) is 56.2 Å². The van der Waals surface area contributed by atoms with Crippen LogP contribution in [0.25, 0.3) is 11.7 Å². The van der Waals surface area contributed by atoms with Crippen molar-refractivity contribution in [2.24, 2.45) is 0 Å². The minimum atomic E-state index is -0.206. The highest BCUT2D eigenvalue weighted by Gasteiger charge is 2.32. The summed E-state index contributed by atoms with van der Waals surface area (Å²) in [6, 6.07) is 3.73. The fraction of sp³-hybridized carbons (Fsp3) is 0.429. The van der Waals surface area contributed by atoms with Crippen LogP contribution in [-0.2, 0) is 4.79 Å². The molecule has 3 heterocycles. The quantitative estimate of drug-likeness (QED) is 0.384. The van der Waals surface area contributed by atoms with E-state index in [0.717, 1.165) is 31.2 Å². The highest BCUT2D eigenvalue weighted by atomic mass is 32.2. The number of fused-ring (bicyclic) bond motifs is 1. The fourth-order valence-corrected chi connectivity index (χ4v) is 4.55. The molecule has 0 radical (unpaired) electrons. The molecule has 29 heavy (non-hydrogen) atoms. The van der Waals surface area contributed by atoms with Crippen LogP contribution in [0.4, 0.5) is 5.82 Å². The van der Waals surface area contributed by atoms with Crippen molar-refractivity contribution in [2.45, 2.75) is 46.5 Å². The predicted molar refractivity (Wildman–Crippen MR) is 124 cm³/mol. The van der Waals surface area contributed by atoms with Gasteiger partial charge in [0.2, 0.25) is 0 Å². The summed E-state index contributed by atoms with van der Waals surface area (Å²) in [5.41, 5.74) is 1.69. The molecule has 0 saturated carbocycles. The van der Waals surface area contributed by atoms with Gasteiger partial charge in [-0.25, -0.2) is 4.98 Å². The van der Waals surface area contributed by atoms with Crippen LogP contribution in [0.5, 0.6) is 0 Å². The van der Waals surface area contributed by atoms with E-state index in [1.54, 1.807) is 17.2 Å². The summed E-state index contributed by atoms with van der Waals surface area (Å²) in [6.07, 6.45) is 7.62. The molecule has 1 aliphatic rings. The predicted octanol–water partition coefficient (Wildman–Crippen LogP) is 4.22. The smallest absolute Gasteiger partial charge is 0.267 e. The van der Waals surface area contributed by atoms with E-state index in [1.165, 1.54) is 16.2 Å². The Labute approximate surface area is 180 Å². The maximum absolute atomic E-state index is 13.1. The topological polar surface area (TPSA) is 66.7 Å². The summed E-state index contributed by atoms with van der Waals surface area (Å²) in [7, 11) is 0. The highest BCUT2D eigenvalue weighted by molar-refractivity contribution is 8.26. The molecule has 1 aliphatic heterocycles. The van der Waals surface area contributed by atoms with E-state index in [2.05, 4.69) is 17.2 Å². The lowest BCUT2D eigenvalue weighted by molar-refractivity contribution is -0.122. The van der Waals surface area contributed by atoms with Gasteiger partial charge in [-0.15, -0.1) is 0 Å². The molecule has 3 rings (SSSR count). The van der Waals surface area contributed by atoms with Crippen LogP contribution in [0.1, 0.15) is 50.7 Å². The molecule has 1 saturated heterocycles. The van der Waals surface area contributed by atoms with Crippen molar-refractivity contribution in [1.82, 2.24) is 14.3 Å². The van der Waals surface area contributed by atoms with Gasteiger partial charge in [-0.2, -0.15) is 0 Å². The molecule has 0 aromatic carbocycles. The Morgan fingerprint density at radius 3 is 2.76 bits per heavy atom. The second kappa shape index (κ2) is 9.54. The van der Waals surface area contributed by atoms with Gasteiger partial charge in [-0.3, -0.25) is 18.9 Å². The van der Waals surface area contributed by atoms with Crippen molar-refractivity contribution in [2.75, 3.05) is 18.4 Å². The van der Waals surface area contributed by atoms with Gasteiger partial charge >= 0.3 is 0 Å². The Kier molecular flexibility index (Phi) is 7.08. The first-order valence-electron chi connectivity index (χ1n) is 9.99. The highest BCUT2D eigenvalue weighted by Crippen LogP contribution is 2.33. The van der Waals surface area contributed by atoms with Crippen LogP contribution >= 0.6 is 24.0 Å². The average molecular weight is 431 g/mol. The van der Waals surface area contributed by atoms with Crippen molar-refractivity contribution in [3.8, 4) is 0 Å². The summed E-state index contributed by atoms with van der Waals surface area (Å²) >= 11 is 6.66. The molecule has 0 atom stereocenters. The maximum Gasteiger partial charge on any atom is 0.267 e. The Hall–Kier alpha value is -2.19. The van der Waals surface area contributed by atoms with Crippen LogP contribution in [-0.4, -0.2) is 37.6 Å². The summed E-state index contributed by atoms with van der Waals surface area (Å²) in [5.74, 6) is 0.354. The van der Waals surface area contributed by atoms with Crippen LogP contribution in [0.15, 0.2) is 28.0 Å². The number of aryl methyl sites for hydroxylation is 1. The van der Waals surface area contributed by atoms with Crippen molar-refractivity contribution >= 4 is 51.7 Å². The monoisotopic (exact) mass is 430 g/mol.